The highest BCUT2D eigenvalue weighted by Crippen LogP contribution is 2.32. The van der Waals surface area contributed by atoms with Crippen molar-refractivity contribution in [2.45, 2.75) is 90.0 Å². The normalized spacial score (nSPS) is 11.7. The monoisotopic (exact) mass is 1140 g/mol. The fraction of sp³-hybridized carbons (Fsp3) is 0.267. The largest absolute Gasteiger partial charge is 0.469 e. The van der Waals surface area contributed by atoms with Gasteiger partial charge in [-0.05, 0) is 132 Å². The van der Waals surface area contributed by atoms with Gasteiger partial charge in [-0.25, -0.2) is 0 Å². The molecule has 1 N–H and O–H groups in total. The topological polar surface area (TPSA) is 118 Å². The van der Waals surface area contributed by atoms with E-state index in [4.69, 9.17) is 14.5 Å². The number of alkyl halides is 6. The van der Waals surface area contributed by atoms with Gasteiger partial charge in [-0.1, -0.05) is 133 Å². The van der Waals surface area contributed by atoms with E-state index in [1.165, 1.54) is 38.5 Å². The number of methoxy groups -OCH3 is 2. The van der Waals surface area contributed by atoms with Crippen molar-refractivity contribution < 1.29 is 55.2 Å². The number of rotatable bonds is 17. The first-order valence-electron chi connectivity index (χ1n) is 24.6. The minimum atomic E-state index is -4.36. The summed E-state index contributed by atoms with van der Waals surface area (Å²) in [6.07, 6.45) is -7.46. The predicted molar refractivity (Wildman–Crippen MR) is 292 cm³/mol. The number of hydrogen-bond acceptors (Lipinski definition) is 8. The molecule has 0 aliphatic carbocycles. The zero-order valence-electron chi connectivity index (χ0n) is 43.9. The summed E-state index contributed by atoms with van der Waals surface area (Å²) < 4.78 is 96.4. The van der Waals surface area contributed by atoms with Crippen molar-refractivity contribution in [1.82, 2.24) is 19.6 Å². The van der Waals surface area contributed by atoms with E-state index in [9.17, 15) is 41.0 Å². The second-order valence-corrected chi connectivity index (χ2v) is 20.0. The molecule has 1 radical (unpaired) electrons. The quantitative estimate of drug-likeness (QED) is 0.0544. The first kappa shape index (κ1) is 60.0. The molecule has 0 aliphatic rings. The van der Waals surface area contributed by atoms with Crippen molar-refractivity contribution in [3.63, 3.8) is 0 Å². The zero-order valence-corrected chi connectivity index (χ0v) is 45.5. The highest BCUT2D eigenvalue weighted by molar-refractivity contribution is 9.10. The molecule has 78 heavy (non-hydrogen) atoms. The maximum atomic E-state index is 12.9. The highest BCUT2D eigenvalue weighted by atomic mass is 79.9. The molecular formula is C60H59BBrF6N4O6. The lowest BCUT2D eigenvalue weighted by molar-refractivity contribution is -0.140. The van der Waals surface area contributed by atoms with Crippen LogP contribution in [0.4, 0.5) is 26.3 Å². The lowest BCUT2D eigenvalue weighted by Crippen LogP contribution is -2.49. The molecule has 407 valence electrons. The van der Waals surface area contributed by atoms with Gasteiger partial charge in [-0.15, -0.1) is 0 Å². The van der Waals surface area contributed by atoms with Gasteiger partial charge in [0, 0.05) is 5.56 Å². The molecular weight excluding hydrogens is 1080 g/mol. The Labute approximate surface area is 459 Å². The number of aromatic nitrogens is 4. The van der Waals surface area contributed by atoms with Crippen molar-refractivity contribution in [1.29, 1.82) is 0 Å². The number of carbonyl (C=O) groups excluding carboxylic acids is 2. The molecule has 0 fully saturated rings. The van der Waals surface area contributed by atoms with Crippen LogP contribution in [0.2, 0.25) is 0 Å². The average molecular weight is 1140 g/mol. The molecule has 18 heteroatoms. The maximum Gasteiger partial charge on any atom is 0.416 e. The third-order valence-corrected chi connectivity index (χ3v) is 13.2. The molecule has 6 aromatic carbocycles. The standard InChI is InChI=1S/C27H23F3N2O2.C20H23BF3O2.C13H13BrN2O2/c1-34-26(33)17-23-16-25(31-32(23)18-20-7-3-2-4-8-20)24-10-6-5-9-21(24)15-19-11-13-22(14-12-19)27(28,29)30;1-18(2,25)19(3,4)26-21-17-8-6-5-7-15(17)13-14-9-11-16(12-10-14)20(22,23)24;1-18-13(17)8-11-7-12(14)15-16(11)9-10-5-3-2-4-6-10/h2-14,16H,15,17-18H2,1H3;5-12,25H,13H2,1-4H3;2-7H,8-9H2,1H3. The van der Waals surface area contributed by atoms with Crippen LogP contribution in [0.5, 0.6) is 0 Å². The van der Waals surface area contributed by atoms with Gasteiger partial charge in [0.2, 0.25) is 0 Å². The fourth-order valence-electron chi connectivity index (χ4n) is 7.67. The van der Waals surface area contributed by atoms with Crippen LogP contribution in [0.25, 0.3) is 11.3 Å². The number of benzene rings is 6. The van der Waals surface area contributed by atoms with Crippen LogP contribution in [0.3, 0.4) is 0 Å². The van der Waals surface area contributed by atoms with Gasteiger partial charge in [0.1, 0.15) is 4.60 Å². The lowest BCUT2D eigenvalue weighted by atomic mass is 9.79. The number of nitrogens with zero attached hydrogens (tertiary/aromatic N) is 4. The van der Waals surface area contributed by atoms with E-state index in [1.807, 2.05) is 121 Å². The second-order valence-electron chi connectivity index (χ2n) is 19.2. The van der Waals surface area contributed by atoms with E-state index in [0.29, 0.717) is 31.6 Å². The lowest BCUT2D eigenvalue weighted by Gasteiger charge is -2.37. The van der Waals surface area contributed by atoms with Crippen LogP contribution < -0.4 is 5.46 Å². The minimum absolute atomic E-state index is 0.0808. The Morgan fingerprint density at radius 3 is 1.45 bits per heavy atom. The van der Waals surface area contributed by atoms with Gasteiger partial charge in [-0.3, -0.25) is 19.0 Å². The molecule has 2 aromatic heterocycles. The summed E-state index contributed by atoms with van der Waals surface area (Å²) in [6, 6.07) is 49.0. The summed E-state index contributed by atoms with van der Waals surface area (Å²) in [5.41, 5.74) is 6.35. The Balaban J connectivity index is 0.000000199. The number of hydrogen-bond donors (Lipinski definition) is 1. The van der Waals surface area contributed by atoms with E-state index in [-0.39, 0.29) is 24.8 Å². The van der Waals surface area contributed by atoms with E-state index in [0.717, 1.165) is 84.7 Å². The third-order valence-electron chi connectivity index (χ3n) is 12.8. The van der Waals surface area contributed by atoms with Crippen molar-refractivity contribution >= 4 is 40.8 Å². The summed E-state index contributed by atoms with van der Waals surface area (Å²) in [4.78, 5) is 23.3. The molecule has 0 spiro atoms. The SMILES string of the molecule is CC(C)(O)C(C)(C)O[B]c1ccccc1Cc1ccc(C(F)(F)F)cc1.COC(=O)Cc1cc(-c2ccccc2Cc2ccc(C(F)(F)F)cc2)nn1Cc1ccccc1.COC(=O)Cc1cc(Br)nn1Cc1ccccc1. The van der Waals surface area contributed by atoms with Crippen LogP contribution in [0.15, 0.2) is 174 Å². The number of carbonyl (C=O) groups is 2. The number of halogens is 7. The molecule has 8 aromatic rings. The molecule has 0 bridgehead atoms. The Morgan fingerprint density at radius 2 is 0.974 bits per heavy atom. The average Bonchev–Trinajstić information content (AvgIpc) is 4.00. The molecule has 0 saturated heterocycles. The van der Waals surface area contributed by atoms with E-state index >= 15 is 0 Å². The molecule has 8 rings (SSSR count). The van der Waals surface area contributed by atoms with Gasteiger partial charge in [0.05, 0.1) is 79.6 Å². The Morgan fingerprint density at radius 1 is 0.551 bits per heavy atom. The Kier molecular flexibility index (Phi) is 20.6. The maximum absolute atomic E-state index is 12.9. The molecule has 10 nitrogen and oxygen atoms in total. The van der Waals surface area contributed by atoms with Gasteiger partial charge >= 0.3 is 31.8 Å². The molecule has 0 atom stereocenters. The van der Waals surface area contributed by atoms with E-state index in [1.54, 1.807) is 44.5 Å². The van der Waals surface area contributed by atoms with Gasteiger partial charge in [0.15, 0.2) is 0 Å². The second kappa shape index (κ2) is 26.9. The third kappa shape index (κ3) is 17.6. The van der Waals surface area contributed by atoms with Crippen molar-refractivity contribution in [2.75, 3.05) is 14.2 Å². The summed E-state index contributed by atoms with van der Waals surface area (Å²) in [5.74, 6) is -0.629. The van der Waals surface area contributed by atoms with Crippen LogP contribution in [0, 0.1) is 0 Å². The Hall–Kier alpha value is -7.28. The van der Waals surface area contributed by atoms with Crippen molar-refractivity contribution in [2.24, 2.45) is 0 Å². The van der Waals surface area contributed by atoms with Crippen LogP contribution in [-0.2, 0) is 74.8 Å². The van der Waals surface area contributed by atoms with E-state index in [2.05, 4.69) is 25.8 Å². The number of aliphatic hydroxyl groups is 1. The summed E-state index contributed by atoms with van der Waals surface area (Å²) in [5, 5.41) is 19.3. The molecule has 2 heterocycles. The minimum Gasteiger partial charge on any atom is -0.469 e. The van der Waals surface area contributed by atoms with Crippen molar-refractivity contribution in [3.8, 4) is 11.3 Å². The first-order chi connectivity index (χ1) is 36.9. The van der Waals surface area contributed by atoms with Gasteiger partial charge < -0.3 is 19.2 Å². The first-order valence-corrected chi connectivity index (χ1v) is 25.4. The highest BCUT2D eigenvalue weighted by Gasteiger charge is 2.36. The van der Waals surface area contributed by atoms with E-state index < -0.39 is 34.7 Å². The fourth-order valence-corrected chi connectivity index (χ4v) is 8.13. The number of ether oxygens (including phenoxy) is 2. The smallest absolute Gasteiger partial charge is 0.416 e. The Bertz CT molecular complexity index is 3200. The van der Waals surface area contributed by atoms with Gasteiger partial charge in [0.25, 0.3) is 0 Å². The van der Waals surface area contributed by atoms with Crippen LogP contribution >= 0.6 is 15.9 Å². The predicted octanol–water partition coefficient (Wildman–Crippen LogP) is 12.4. The zero-order chi connectivity index (χ0) is 56.7. The molecule has 0 unspecified atom stereocenters. The van der Waals surface area contributed by atoms with Crippen LogP contribution in [0.1, 0.15) is 83.6 Å². The van der Waals surface area contributed by atoms with Gasteiger partial charge in [-0.2, -0.15) is 36.5 Å². The molecule has 0 saturated carbocycles. The molecule has 0 amide bonds. The molecule has 0 aliphatic heterocycles. The van der Waals surface area contributed by atoms with Crippen molar-refractivity contribution in [3.05, 3.63) is 230 Å². The van der Waals surface area contributed by atoms with Crippen LogP contribution in [-0.4, -0.2) is 69.5 Å². The summed E-state index contributed by atoms with van der Waals surface area (Å²) in [7, 11) is 4.33. The summed E-state index contributed by atoms with van der Waals surface area (Å²) >= 11 is 3.32. The summed E-state index contributed by atoms with van der Waals surface area (Å²) in [6.45, 7) is 8.07. The number of esters is 2.